The summed E-state index contributed by atoms with van der Waals surface area (Å²) in [6.07, 6.45) is -2.06. The highest BCUT2D eigenvalue weighted by molar-refractivity contribution is 7.86. The van der Waals surface area contributed by atoms with Crippen LogP contribution in [0.25, 0.3) is 0 Å². The van der Waals surface area contributed by atoms with E-state index in [2.05, 4.69) is 0 Å². The molecule has 1 rings (SSSR count). The zero-order chi connectivity index (χ0) is 16.4. The van der Waals surface area contributed by atoms with E-state index in [1.54, 1.807) is 6.92 Å². The smallest absolute Gasteiger partial charge is 0.396 e. The number of hydrogen-bond donors (Lipinski definition) is 0. The molecule has 1 aliphatic rings. The second-order valence-corrected chi connectivity index (χ2v) is 6.08. The van der Waals surface area contributed by atoms with Gasteiger partial charge in [-0.1, -0.05) is 0 Å². The summed E-state index contributed by atoms with van der Waals surface area (Å²) in [7, 11) is -6.44. The molecule has 1 fully saturated rings. The average molecular weight is 339 g/mol. The summed E-state index contributed by atoms with van der Waals surface area (Å²) in [5.41, 5.74) is 0. The second kappa shape index (κ2) is 6.32. The summed E-state index contributed by atoms with van der Waals surface area (Å²) in [6, 6.07) is 0. The zero-order valence-corrected chi connectivity index (χ0v) is 11.9. The first-order valence-electron chi connectivity index (χ1n) is 5.98. The lowest BCUT2D eigenvalue weighted by Gasteiger charge is -2.28. The summed E-state index contributed by atoms with van der Waals surface area (Å²) >= 11 is 0. The lowest BCUT2D eigenvalue weighted by molar-refractivity contribution is -0.185. The van der Waals surface area contributed by atoms with Gasteiger partial charge in [0.15, 0.2) is 15.9 Å². The van der Waals surface area contributed by atoms with Crippen LogP contribution in [0.3, 0.4) is 0 Å². The Morgan fingerprint density at radius 3 is 2.24 bits per heavy atom. The van der Waals surface area contributed by atoms with Crippen molar-refractivity contribution in [2.24, 2.45) is 0 Å². The number of hydrogen-bond acceptors (Lipinski definition) is 6. The van der Waals surface area contributed by atoms with Gasteiger partial charge in [0.25, 0.3) is 0 Å². The molecule has 0 amide bonds. The van der Waals surface area contributed by atoms with Gasteiger partial charge in [-0.15, -0.1) is 0 Å². The van der Waals surface area contributed by atoms with Gasteiger partial charge in [-0.2, -0.15) is 17.6 Å². The van der Waals surface area contributed by atoms with E-state index in [0.29, 0.717) is 13.2 Å². The van der Waals surface area contributed by atoms with E-state index in [4.69, 9.17) is 14.2 Å². The highest BCUT2D eigenvalue weighted by atomic mass is 32.2. The summed E-state index contributed by atoms with van der Waals surface area (Å²) in [6.45, 7) is 1.84. The van der Waals surface area contributed by atoms with Crippen LogP contribution in [0.4, 0.5) is 17.6 Å². The van der Waals surface area contributed by atoms with Crippen LogP contribution in [0.5, 0.6) is 0 Å². The Kier molecular flexibility index (Phi) is 5.59. The molecule has 0 spiro atoms. The molecule has 1 aliphatic heterocycles. The minimum Gasteiger partial charge on any atom is -0.743 e. The van der Waals surface area contributed by atoms with E-state index in [1.165, 1.54) is 0 Å². The van der Waals surface area contributed by atoms with Crippen molar-refractivity contribution < 1.29 is 44.7 Å². The quantitative estimate of drug-likeness (QED) is 0.377. The van der Waals surface area contributed by atoms with E-state index in [9.17, 15) is 30.5 Å². The molecule has 0 aromatic carbocycles. The second-order valence-electron chi connectivity index (χ2n) is 4.66. The maximum Gasteiger partial charge on any atom is 0.396 e. The van der Waals surface area contributed by atoms with Crippen LogP contribution in [0, 0.1) is 0 Å². The van der Waals surface area contributed by atoms with Crippen LogP contribution in [0.2, 0.25) is 0 Å². The maximum absolute atomic E-state index is 13.1. The van der Waals surface area contributed by atoms with E-state index in [-0.39, 0.29) is 13.2 Å². The Morgan fingerprint density at radius 2 is 1.76 bits per heavy atom. The van der Waals surface area contributed by atoms with Gasteiger partial charge in [-0.25, -0.2) is 8.42 Å². The van der Waals surface area contributed by atoms with Crippen molar-refractivity contribution in [3.63, 3.8) is 0 Å². The fraction of sp³-hybridized carbons (Fsp3) is 1.00. The van der Waals surface area contributed by atoms with Crippen LogP contribution in [0.1, 0.15) is 19.8 Å². The monoisotopic (exact) mass is 339 g/mol. The lowest BCUT2D eigenvalue weighted by atomic mass is 10.2. The Bertz CT molecular complexity index is 446. The molecule has 11 heteroatoms. The van der Waals surface area contributed by atoms with Gasteiger partial charge in [0.1, 0.15) is 6.61 Å². The van der Waals surface area contributed by atoms with Crippen LogP contribution >= 0.6 is 0 Å². The SMILES string of the molecule is CC1(COCCCC(F)(F)C(F)(F)S(=O)(=O)[O-])OCCO1. The molecule has 0 aromatic rings. The summed E-state index contributed by atoms with van der Waals surface area (Å²) in [5, 5.41) is -5.65. The Labute approximate surface area is 119 Å². The van der Waals surface area contributed by atoms with Crippen LogP contribution < -0.4 is 0 Å². The van der Waals surface area contributed by atoms with Crippen molar-refractivity contribution in [2.75, 3.05) is 26.4 Å². The molecule has 21 heavy (non-hydrogen) atoms. The third-order valence-corrected chi connectivity index (χ3v) is 3.71. The molecule has 0 saturated carbocycles. The first kappa shape index (κ1) is 18.6. The minimum atomic E-state index is -6.44. The minimum absolute atomic E-state index is 0.0885. The first-order chi connectivity index (χ1) is 9.41. The van der Waals surface area contributed by atoms with E-state index < -0.39 is 39.9 Å². The van der Waals surface area contributed by atoms with E-state index >= 15 is 0 Å². The van der Waals surface area contributed by atoms with Gasteiger partial charge >= 0.3 is 11.2 Å². The first-order valence-corrected chi connectivity index (χ1v) is 7.39. The molecule has 1 saturated heterocycles. The molecule has 126 valence electrons. The Morgan fingerprint density at radius 1 is 1.24 bits per heavy atom. The summed E-state index contributed by atoms with van der Waals surface area (Å²) in [5.74, 6) is -5.97. The van der Waals surface area contributed by atoms with Gasteiger partial charge in [-0.05, 0) is 13.3 Å². The van der Waals surface area contributed by atoms with Gasteiger partial charge in [0, 0.05) is 13.0 Å². The van der Waals surface area contributed by atoms with Gasteiger partial charge in [-0.3, -0.25) is 0 Å². The largest absolute Gasteiger partial charge is 0.743 e. The van der Waals surface area contributed by atoms with Gasteiger partial charge in [0.05, 0.1) is 13.2 Å². The molecule has 6 nitrogen and oxygen atoms in total. The Balaban J connectivity index is 2.37. The fourth-order valence-electron chi connectivity index (χ4n) is 1.62. The van der Waals surface area contributed by atoms with Crippen molar-refractivity contribution in [1.29, 1.82) is 0 Å². The highest BCUT2D eigenvalue weighted by Crippen LogP contribution is 2.41. The van der Waals surface area contributed by atoms with Crippen molar-refractivity contribution >= 4 is 10.1 Å². The maximum atomic E-state index is 13.1. The molecular formula is C10H15F4O6S-. The van der Waals surface area contributed by atoms with Crippen LogP contribution in [-0.2, 0) is 24.3 Å². The standard InChI is InChI=1S/C10H16F4O6S/c1-8(19-5-6-20-8)7-18-4-2-3-9(11,12)10(13,14)21(15,16)17/h2-7H2,1H3,(H,15,16,17)/p-1. The number of ether oxygens (including phenoxy) is 3. The van der Waals surface area contributed by atoms with Crippen LogP contribution in [0.15, 0.2) is 0 Å². The molecule has 0 radical (unpaired) electrons. The van der Waals surface area contributed by atoms with E-state index in [1.807, 2.05) is 0 Å². The Hall–Kier alpha value is -0.490. The van der Waals surface area contributed by atoms with E-state index in [0.717, 1.165) is 0 Å². The van der Waals surface area contributed by atoms with Crippen LogP contribution in [-0.4, -0.2) is 56.4 Å². The number of alkyl halides is 4. The highest BCUT2D eigenvalue weighted by Gasteiger charge is 2.60. The van der Waals surface area contributed by atoms with Gasteiger partial charge in [0.2, 0.25) is 0 Å². The topological polar surface area (TPSA) is 84.9 Å². The fourth-order valence-corrected chi connectivity index (χ4v) is 2.09. The lowest BCUT2D eigenvalue weighted by Crippen LogP contribution is -2.47. The van der Waals surface area contributed by atoms with Crippen molar-refractivity contribution in [1.82, 2.24) is 0 Å². The predicted molar refractivity (Wildman–Crippen MR) is 60.0 cm³/mol. The molecule has 0 N–H and O–H groups in total. The summed E-state index contributed by atoms with van der Waals surface area (Å²) in [4.78, 5) is 0. The zero-order valence-electron chi connectivity index (χ0n) is 11.1. The molecule has 1 heterocycles. The molecule has 0 aromatic heterocycles. The van der Waals surface area contributed by atoms with Crippen molar-refractivity contribution in [3.05, 3.63) is 0 Å². The predicted octanol–water partition coefficient (Wildman–Crippen LogP) is 1.32. The third kappa shape index (κ3) is 4.49. The van der Waals surface area contributed by atoms with Crippen molar-refractivity contribution in [2.45, 2.75) is 36.7 Å². The number of halogens is 4. The molecule has 0 atom stereocenters. The number of rotatable bonds is 8. The average Bonchev–Trinajstić information content (AvgIpc) is 2.74. The van der Waals surface area contributed by atoms with Crippen molar-refractivity contribution in [3.8, 4) is 0 Å². The molecule has 0 unspecified atom stereocenters. The molecule has 0 aliphatic carbocycles. The molecule has 0 bridgehead atoms. The third-order valence-electron chi connectivity index (χ3n) is 2.78. The van der Waals surface area contributed by atoms with Gasteiger partial charge < -0.3 is 18.8 Å². The normalized spacial score (nSPS) is 19.9. The summed E-state index contributed by atoms with van der Waals surface area (Å²) < 4.78 is 97.4. The molecular weight excluding hydrogens is 324 g/mol.